The molecule has 1 fully saturated rings. The zero-order valence-corrected chi connectivity index (χ0v) is 14.7. The fourth-order valence-electron chi connectivity index (χ4n) is 2.45. The van der Waals surface area contributed by atoms with Gasteiger partial charge >= 0.3 is 0 Å². The van der Waals surface area contributed by atoms with Gasteiger partial charge in [-0.3, -0.25) is 9.59 Å². The van der Waals surface area contributed by atoms with Crippen molar-refractivity contribution in [1.29, 1.82) is 0 Å². The van der Waals surface area contributed by atoms with E-state index in [0.717, 1.165) is 25.9 Å². The number of Topliss-reactive ketones (excluding diaryl/α,β-unsaturated/α-hetero) is 1. The van der Waals surface area contributed by atoms with Crippen molar-refractivity contribution in [3.63, 3.8) is 0 Å². The Morgan fingerprint density at radius 2 is 1.50 bits per heavy atom. The molecule has 0 bridgehead atoms. The number of benzene rings is 1. The molecule has 1 aliphatic heterocycles. The van der Waals surface area contributed by atoms with E-state index in [1.165, 1.54) is 17.4 Å². The van der Waals surface area contributed by atoms with Crippen LogP contribution in [0.4, 0.5) is 0 Å². The third-order valence-electron chi connectivity index (χ3n) is 4.09. The van der Waals surface area contributed by atoms with Crippen molar-refractivity contribution in [1.82, 2.24) is 10.2 Å². The van der Waals surface area contributed by atoms with Gasteiger partial charge in [0.1, 0.15) is 5.78 Å². The molecule has 1 aliphatic rings. The van der Waals surface area contributed by atoms with E-state index in [2.05, 4.69) is 17.4 Å². The molecule has 1 saturated heterocycles. The van der Waals surface area contributed by atoms with Crippen molar-refractivity contribution in [2.45, 2.75) is 32.1 Å². The molecule has 0 radical (unpaired) electrons. The van der Waals surface area contributed by atoms with Gasteiger partial charge in [-0.25, -0.2) is 0 Å². The molecule has 1 amide bonds. The van der Waals surface area contributed by atoms with Crippen LogP contribution in [0.25, 0.3) is 0 Å². The lowest BCUT2D eigenvalue weighted by Crippen LogP contribution is -2.44. The summed E-state index contributed by atoms with van der Waals surface area (Å²) in [6, 6.07) is 10.2. The van der Waals surface area contributed by atoms with E-state index in [-0.39, 0.29) is 23.7 Å². The third kappa shape index (κ3) is 5.43. The van der Waals surface area contributed by atoms with E-state index in [4.69, 9.17) is 0 Å². The summed E-state index contributed by atoms with van der Waals surface area (Å²) in [6.07, 6.45) is 1.85. The van der Waals surface area contributed by atoms with Crippen LogP contribution in [0.5, 0.6) is 0 Å². The standard InChI is InChI=1S/C13H17NO.C4H9NO.ClH/c1-11(15)13(7-9-14-10-8-13)12-5-3-2-4-6-12;1-4(6)5(2)3;/h2-6,14H,7-10H2,1H3;1-3H3;1H. The Morgan fingerprint density at radius 1 is 1.05 bits per heavy atom. The zero-order chi connectivity index (χ0) is 15.9. The molecule has 0 aliphatic carbocycles. The first-order valence-electron chi connectivity index (χ1n) is 7.35. The SMILES string of the molecule is CC(=O)C1(c2ccccc2)CCNCC1.CC(=O)N(C)C.Cl. The first-order chi connectivity index (χ1) is 9.90. The van der Waals surface area contributed by atoms with Gasteiger partial charge in [0.2, 0.25) is 5.91 Å². The molecule has 0 spiro atoms. The third-order valence-corrected chi connectivity index (χ3v) is 4.09. The second-order valence-corrected chi connectivity index (χ2v) is 5.67. The molecule has 22 heavy (non-hydrogen) atoms. The van der Waals surface area contributed by atoms with Crippen molar-refractivity contribution >= 4 is 24.1 Å². The number of piperidine rings is 1. The molecule has 124 valence electrons. The number of ketones is 1. The Morgan fingerprint density at radius 3 is 1.86 bits per heavy atom. The minimum atomic E-state index is -0.230. The number of amides is 1. The zero-order valence-electron chi connectivity index (χ0n) is 13.9. The summed E-state index contributed by atoms with van der Waals surface area (Å²) in [5, 5.41) is 3.31. The molecule has 0 atom stereocenters. The van der Waals surface area contributed by atoms with E-state index in [1.54, 1.807) is 21.0 Å². The van der Waals surface area contributed by atoms with Crippen LogP contribution < -0.4 is 5.32 Å². The molecule has 1 heterocycles. The lowest BCUT2D eigenvalue weighted by molar-refractivity contribution is -0.126. The summed E-state index contributed by atoms with van der Waals surface area (Å²) in [4.78, 5) is 23.5. The highest BCUT2D eigenvalue weighted by atomic mass is 35.5. The van der Waals surface area contributed by atoms with Crippen molar-refractivity contribution in [2.24, 2.45) is 0 Å². The maximum Gasteiger partial charge on any atom is 0.218 e. The molecule has 0 aromatic heterocycles. The van der Waals surface area contributed by atoms with Crippen LogP contribution in [0.2, 0.25) is 0 Å². The number of carbonyl (C=O) groups is 2. The summed E-state index contributed by atoms with van der Waals surface area (Å²) in [6.45, 7) is 5.13. The monoisotopic (exact) mass is 326 g/mol. The minimum absolute atomic E-state index is 0. The van der Waals surface area contributed by atoms with E-state index in [1.807, 2.05) is 18.2 Å². The van der Waals surface area contributed by atoms with Crippen LogP contribution in [0.3, 0.4) is 0 Å². The van der Waals surface area contributed by atoms with Gasteiger partial charge in [0.05, 0.1) is 5.41 Å². The summed E-state index contributed by atoms with van der Waals surface area (Å²) >= 11 is 0. The molecule has 1 aromatic carbocycles. The van der Waals surface area contributed by atoms with Gasteiger partial charge in [-0.1, -0.05) is 30.3 Å². The summed E-state index contributed by atoms with van der Waals surface area (Å²) in [5.41, 5.74) is 0.950. The Hall–Kier alpha value is -1.39. The number of hydrogen-bond donors (Lipinski definition) is 1. The second-order valence-electron chi connectivity index (χ2n) is 5.67. The topological polar surface area (TPSA) is 49.4 Å². The van der Waals surface area contributed by atoms with Crippen LogP contribution in [-0.2, 0) is 15.0 Å². The molecule has 1 aromatic rings. The van der Waals surface area contributed by atoms with E-state index in [0.29, 0.717) is 5.78 Å². The maximum atomic E-state index is 11.9. The Balaban J connectivity index is 0.000000546. The largest absolute Gasteiger partial charge is 0.349 e. The molecule has 0 unspecified atom stereocenters. The highest BCUT2D eigenvalue weighted by molar-refractivity contribution is 5.88. The van der Waals surface area contributed by atoms with E-state index < -0.39 is 0 Å². The van der Waals surface area contributed by atoms with Gasteiger partial charge in [-0.05, 0) is 38.4 Å². The van der Waals surface area contributed by atoms with Gasteiger partial charge in [0, 0.05) is 21.0 Å². The summed E-state index contributed by atoms with van der Waals surface area (Å²) in [5.74, 6) is 0.394. The normalized spacial score (nSPS) is 15.6. The number of halogens is 1. The van der Waals surface area contributed by atoms with Crippen LogP contribution >= 0.6 is 12.4 Å². The van der Waals surface area contributed by atoms with E-state index >= 15 is 0 Å². The van der Waals surface area contributed by atoms with Crippen LogP contribution in [0, 0.1) is 0 Å². The Kier molecular flexibility index (Phi) is 8.99. The lowest BCUT2D eigenvalue weighted by atomic mass is 9.70. The molecule has 4 nitrogen and oxygen atoms in total. The number of nitrogens with one attached hydrogen (secondary N) is 1. The van der Waals surface area contributed by atoms with Crippen molar-refractivity contribution in [2.75, 3.05) is 27.2 Å². The highest BCUT2D eigenvalue weighted by Crippen LogP contribution is 2.34. The number of rotatable bonds is 2. The van der Waals surface area contributed by atoms with Gasteiger partial charge < -0.3 is 10.2 Å². The molecule has 2 rings (SSSR count). The van der Waals surface area contributed by atoms with Crippen molar-refractivity contribution < 1.29 is 9.59 Å². The summed E-state index contributed by atoms with van der Waals surface area (Å²) < 4.78 is 0. The summed E-state index contributed by atoms with van der Waals surface area (Å²) in [7, 11) is 3.45. The smallest absolute Gasteiger partial charge is 0.218 e. The quantitative estimate of drug-likeness (QED) is 0.908. The number of carbonyl (C=O) groups excluding carboxylic acids is 2. The first kappa shape index (κ1) is 20.6. The van der Waals surface area contributed by atoms with Crippen LogP contribution in [0.1, 0.15) is 32.3 Å². The second kappa shape index (κ2) is 9.59. The van der Waals surface area contributed by atoms with E-state index in [9.17, 15) is 9.59 Å². The average Bonchev–Trinajstić information content (AvgIpc) is 2.49. The fourth-order valence-corrected chi connectivity index (χ4v) is 2.45. The first-order valence-corrected chi connectivity index (χ1v) is 7.35. The van der Waals surface area contributed by atoms with Gasteiger partial charge in [0.25, 0.3) is 0 Å². The predicted octanol–water partition coefficient (Wildman–Crippen LogP) is 2.41. The highest BCUT2D eigenvalue weighted by Gasteiger charge is 2.37. The maximum absolute atomic E-state index is 11.9. The predicted molar refractivity (Wildman–Crippen MR) is 92.5 cm³/mol. The fraction of sp³-hybridized carbons (Fsp3) is 0.529. The molecular formula is C17H27ClN2O2. The van der Waals surface area contributed by atoms with Crippen molar-refractivity contribution in [3.8, 4) is 0 Å². The van der Waals surface area contributed by atoms with Crippen LogP contribution in [0.15, 0.2) is 30.3 Å². The van der Waals surface area contributed by atoms with Gasteiger partial charge in [-0.15, -0.1) is 12.4 Å². The average molecular weight is 327 g/mol. The molecule has 0 saturated carbocycles. The number of hydrogen-bond acceptors (Lipinski definition) is 3. The Labute approximate surface area is 139 Å². The van der Waals surface area contributed by atoms with Crippen LogP contribution in [-0.4, -0.2) is 43.8 Å². The van der Waals surface area contributed by atoms with Crippen molar-refractivity contribution in [3.05, 3.63) is 35.9 Å². The molecule has 1 N–H and O–H groups in total. The molecule has 5 heteroatoms. The molecular weight excluding hydrogens is 300 g/mol. The van der Waals surface area contributed by atoms with Gasteiger partial charge in [0.15, 0.2) is 0 Å². The van der Waals surface area contributed by atoms with Gasteiger partial charge in [-0.2, -0.15) is 0 Å². The minimum Gasteiger partial charge on any atom is -0.349 e. The number of nitrogens with zero attached hydrogens (tertiary/aromatic N) is 1. The lowest BCUT2D eigenvalue weighted by Gasteiger charge is -2.35. The Bertz CT molecular complexity index is 469.